The van der Waals surface area contributed by atoms with E-state index in [2.05, 4.69) is 19.9 Å². The normalized spacial score (nSPS) is 10.7. The summed E-state index contributed by atoms with van der Waals surface area (Å²) in [5, 5.41) is 9.11. The van der Waals surface area contributed by atoms with E-state index < -0.39 is 0 Å². The summed E-state index contributed by atoms with van der Waals surface area (Å²) >= 11 is 1.32. The first-order chi connectivity index (χ1) is 9.78. The number of nitrogens with one attached hydrogen (secondary N) is 1. The number of hydrogen-bond acceptors (Lipinski definition) is 6. The molecule has 20 heavy (non-hydrogen) atoms. The molecule has 0 amide bonds. The maximum Gasteiger partial charge on any atom is 0.146 e. The number of nitrogens with zero attached hydrogens (tertiary/aromatic N) is 3. The molecule has 0 atom stereocenters. The van der Waals surface area contributed by atoms with Gasteiger partial charge in [-0.3, -0.25) is 0 Å². The molecule has 0 saturated carbocycles. The molecule has 0 fully saturated rings. The molecule has 0 saturated heterocycles. The monoisotopic (exact) mass is 286 g/mol. The molecule has 2 aromatic heterocycles. The summed E-state index contributed by atoms with van der Waals surface area (Å²) in [4.78, 5) is 4.54. The van der Waals surface area contributed by atoms with E-state index in [1.54, 1.807) is 0 Å². The topological polar surface area (TPSA) is 59.9 Å². The number of hydrogen-bond donors (Lipinski definition) is 1. The summed E-state index contributed by atoms with van der Waals surface area (Å²) in [6, 6.07) is 9.96. The molecule has 3 rings (SSSR count). The van der Waals surface area contributed by atoms with Crippen molar-refractivity contribution in [2.45, 2.75) is 13.5 Å². The Morgan fingerprint density at radius 2 is 2.15 bits per heavy atom. The molecule has 0 radical (unpaired) electrons. The molecule has 0 aliphatic rings. The minimum Gasteiger partial charge on any atom is -0.485 e. The molecule has 2 heterocycles. The number of pyridine rings is 1. The van der Waals surface area contributed by atoms with Crippen LogP contribution in [0.3, 0.4) is 0 Å². The highest BCUT2D eigenvalue weighted by molar-refractivity contribution is 7.10. The average Bonchev–Trinajstić information content (AvgIpc) is 2.92. The van der Waals surface area contributed by atoms with Crippen molar-refractivity contribution in [3.63, 3.8) is 0 Å². The van der Waals surface area contributed by atoms with E-state index in [0.717, 1.165) is 33.0 Å². The molecule has 0 aliphatic heterocycles. The Labute approximate surface area is 120 Å². The molecular weight excluding hydrogens is 272 g/mol. The van der Waals surface area contributed by atoms with E-state index in [1.165, 1.54) is 11.5 Å². The SMILES string of the molecule is CNc1snnc1COc1cccc2ccc(C)nc12. The van der Waals surface area contributed by atoms with Gasteiger partial charge in [-0.1, -0.05) is 22.7 Å². The van der Waals surface area contributed by atoms with Gasteiger partial charge < -0.3 is 10.1 Å². The van der Waals surface area contributed by atoms with Crippen LogP contribution in [0.4, 0.5) is 5.00 Å². The Morgan fingerprint density at radius 1 is 1.25 bits per heavy atom. The van der Waals surface area contributed by atoms with Crippen molar-refractivity contribution in [1.29, 1.82) is 0 Å². The van der Waals surface area contributed by atoms with Gasteiger partial charge in [-0.05, 0) is 19.1 Å². The number of aryl methyl sites for hydroxylation is 1. The third-order valence-electron chi connectivity index (χ3n) is 2.97. The van der Waals surface area contributed by atoms with E-state index in [1.807, 2.05) is 44.3 Å². The molecule has 0 bridgehead atoms. The number of aromatic nitrogens is 3. The lowest BCUT2D eigenvalue weighted by atomic mass is 10.2. The first-order valence-electron chi connectivity index (χ1n) is 6.26. The number of ether oxygens (including phenoxy) is 1. The lowest BCUT2D eigenvalue weighted by Gasteiger charge is -2.08. The van der Waals surface area contributed by atoms with Gasteiger partial charge in [-0.2, -0.15) is 0 Å². The van der Waals surface area contributed by atoms with Gasteiger partial charge in [0.05, 0.1) is 0 Å². The summed E-state index contributed by atoms with van der Waals surface area (Å²) < 4.78 is 9.78. The fourth-order valence-corrected chi connectivity index (χ4v) is 2.49. The summed E-state index contributed by atoms with van der Waals surface area (Å²) in [6.07, 6.45) is 0. The summed E-state index contributed by atoms with van der Waals surface area (Å²) in [5.41, 5.74) is 2.66. The van der Waals surface area contributed by atoms with Crippen LogP contribution in [0, 0.1) is 6.92 Å². The summed E-state index contributed by atoms with van der Waals surface area (Å²) in [7, 11) is 1.85. The van der Waals surface area contributed by atoms with Gasteiger partial charge >= 0.3 is 0 Å². The highest BCUT2D eigenvalue weighted by Gasteiger charge is 2.09. The zero-order valence-electron chi connectivity index (χ0n) is 11.3. The standard InChI is InChI=1S/C14H14N4OS/c1-9-6-7-10-4-3-5-12(13(10)16-9)19-8-11-14(15-2)20-18-17-11/h3-7,15H,8H2,1-2H3. The maximum absolute atomic E-state index is 5.86. The third-order valence-corrected chi connectivity index (χ3v) is 3.76. The molecular formula is C14H14N4OS. The van der Waals surface area contributed by atoms with Crippen LogP contribution in [0.5, 0.6) is 5.75 Å². The number of fused-ring (bicyclic) bond motifs is 1. The largest absolute Gasteiger partial charge is 0.485 e. The predicted molar refractivity (Wildman–Crippen MR) is 80.3 cm³/mol. The third kappa shape index (κ3) is 2.42. The zero-order chi connectivity index (χ0) is 13.9. The minimum absolute atomic E-state index is 0.376. The maximum atomic E-state index is 5.86. The van der Waals surface area contributed by atoms with Crippen molar-refractivity contribution in [3.8, 4) is 5.75 Å². The van der Waals surface area contributed by atoms with Crippen LogP contribution in [0.2, 0.25) is 0 Å². The number of para-hydroxylation sites is 1. The molecule has 0 unspecified atom stereocenters. The molecule has 102 valence electrons. The highest BCUT2D eigenvalue weighted by atomic mass is 32.1. The molecule has 1 aromatic carbocycles. The second-order valence-corrected chi connectivity index (χ2v) is 5.12. The lowest BCUT2D eigenvalue weighted by molar-refractivity contribution is 0.305. The Hall–Kier alpha value is -2.21. The van der Waals surface area contributed by atoms with E-state index >= 15 is 0 Å². The van der Waals surface area contributed by atoms with Crippen LogP contribution in [-0.2, 0) is 6.61 Å². The Kier molecular flexibility index (Phi) is 3.47. The van der Waals surface area contributed by atoms with Gasteiger partial charge in [-0.25, -0.2) is 4.98 Å². The van der Waals surface area contributed by atoms with E-state index in [0.29, 0.717) is 6.61 Å². The number of benzene rings is 1. The van der Waals surface area contributed by atoms with Crippen molar-refractivity contribution in [3.05, 3.63) is 41.7 Å². The van der Waals surface area contributed by atoms with Crippen molar-refractivity contribution in [2.75, 3.05) is 12.4 Å². The minimum atomic E-state index is 0.376. The van der Waals surface area contributed by atoms with Crippen LogP contribution < -0.4 is 10.1 Å². The number of anilines is 1. The molecule has 6 heteroatoms. The molecule has 0 aliphatic carbocycles. The van der Waals surface area contributed by atoms with E-state index in [-0.39, 0.29) is 0 Å². The molecule has 3 aromatic rings. The fourth-order valence-electron chi connectivity index (χ4n) is 1.97. The quantitative estimate of drug-likeness (QED) is 0.799. The van der Waals surface area contributed by atoms with Crippen molar-refractivity contribution < 1.29 is 4.74 Å². The highest BCUT2D eigenvalue weighted by Crippen LogP contribution is 2.26. The van der Waals surface area contributed by atoms with Crippen LogP contribution >= 0.6 is 11.5 Å². The van der Waals surface area contributed by atoms with E-state index in [9.17, 15) is 0 Å². The number of rotatable bonds is 4. The summed E-state index contributed by atoms with van der Waals surface area (Å²) in [6.45, 7) is 2.35. The second kappa shape index (κ2) is 5.42. The predicted octanol–water partition coefficient (Wildman–Crippen LogP) is 3.02. The van der Waals surface area contributed by atoms with Crippen molar-refractivity contribution >= 4 is 27.4 Å². The Bertz CT molecular complexity index is 741. The molecule has 1 N–H and O–H groups in total. The molecule has 5 nitrogen and oxygen atoms in total. The van der Waals surface area contributed by atoms with E-state index in [4.69, 9.17) is 4.74 Å². The smallest absolute Gasteiger partial charge is 0.146 e. The zero-order valence-corrected chi connectivity index (χ0v) is 12.1. The van der Waals surface area contributed by atoms with Crippen LogP contribution in [0.15, 0.2) is 30.3 Å². The van der Waals surface area contributed by atoms with Crippen molar-refractivity contribution in [1.82, 2.24) is 14.6 Å². The van der Waals surface area contributed by atoms with Gasteiger partial charge in [0.15, 0.2) is 0 Å². The Balaban J connectivity index is 1.89. The lowest BCUT2D eigenvalue weighted by Crippen LogP contribution is -2.00. The van der Waals surface area contributed by atoms with Crippen LogP contribution in [0.1, 0.15) is 11.4 Å². The average molecular weight is 286 g/mol. The van der Waals surface area contributed by atoms with Crippen LogP contribution in [-0.4, -0.2) is 21.6 Å². The first kappa shape index (κ1) is 12.8. The van der Waals surface area contributed by atoms with Gasteiger partial charge in [0.25, 0.3) is 0 Å². The van der Waals surface area contributed by atoms with Gasteiger partial charge in [0, 0.05) is 29.7 Å². The van der Waals surface area contributed by atoms with Gasteiger partial charge in [-0.15, -0.1) is 5.10 Å². The Morgan fingerprint density at radius 3 is 3.00 bits per heavy atom. The molecule has 0 spiro atoms. The van der Waals surface area contributed by atoms with Gasteiger partial charge in [0.2, 0.25) is 0 Å². The van der Waals surface area contributed by atoms with Gasteiger partial charge in [0.1, 0.15) is 28.6 Å². The first-order valence-corrected chi connectivity index (χ1v) is 7.03. The second-order valence-electron chi connectivity index (χ2n) is 4.37. The van der Waals surface area contributed by atoms with Crippen molar-refractivity contribution in [2.24, 2.45) is 0 Å². The fraction of sp³-hybridized carbons (Fsp3) is 0.214. The summed E-state index contributed by atoms with van der Waals surface area (Å²) in [5.74, 6) is 0.765. The van der Waals surface area contributed by atoms with Crippen LogP contribution in [0.25, 0.3) is 10.9 Å².